The molecule has 0 spiro atoms. The van der Waals surface area contributed by atoms with Crippen molar-refractivity contribution >= 4 is 5.91 Å². The minimum atomic E-state index is -0.332. The van der Waals surface area contributed by atoms with Gasteiger partial charge >= 0.3 is 0 Å². The highest BCUT2D eigenvalue weighted by molar-refractivity contribution is 5.92. The van der Waals surface area contributed by atoms with Crippen LogP contribution in [0.3, 0.4) is 0 Å². The molecule has 0 unspecified atom stereocenters. The summed E-state index contributed by atoms with van der Waals surface area (Å²) in [6.07, 6.45) is 4.99. The number of hydrogen-bond donors (Lipinski definition) is 2. The lowest BCUT2D eigenvalue weighted by atomic mass is 9.84. The van der Waals surface area contributed by atoms with Gasteiger partial charge in [-0.15, -0.1) is 0 Å². The highest BCUT2D eigenvalue weighted by atomic mass is 16.1. The third-order valence-corrected chi connectivity index (χ3v) is 6.25. The van der Waals surface area contributed by atoms with Crippen molar-refractivity contribution in [2.45, 2.75) is 50.2 Å². The number of hydrogen-bond acceptors (Lipinski definition) is 3. The summed E-state index contributed by atoms with van der Waals surface area (Å²) in [6.45, 7) is 3.09. The van der Waals surface area contributed by atoms with Crippen LogP contribution in [-0.2, 0) is 6.54 Å². The van der Waals surface area contributed by atoms with E-state index in [2.05, 4.69) is 46.6 Å². The molecule has 2 aromatic rings. The van der Waals surface area contributed by atoms with Crippen molar-refractivity contribution in [2.24, 2.45) is 5.73 Å². The minimum absolute atomic E-state index is 0.332. The topological polar surface area (TPSA) is 58.4 Å². The van der Waals surface area contributed by atoms with Gasteiger partial charge in [-0.2, -0.15) is 0 Å². The largest absolute Gasteiger partial charge is 0.366 e. The van der Waals surface area contributed by atoms with Crippen LogP contribution in [0.4, 0.5) is 0 Å². The maximum atomic E-state index is 11.5. The zero-order valence-corrected chi connectivity index (χ0v) is 15.8. The van der Waals surface area contributed by atoms with Crippen LogP contribution in [0.1, 0.15) is 53.1 Å². The summed E-state index contributed by atoms with van der Waals surface area (Å²) in [7, 11) is 0. The molecule has 2 saturated heterocycles. The zero-order chi connectivity index (χ0) is 18.6. The van der Waals surface area contributed by atoms with Crippen molar-refractivity contribution in [3.8, 4) is 0 Å². The smallest absolute Gasteiger partial charge is 0.248 e. The molecule has 0 aliphatic carbocycles. The number of benzene rings is 2. The first-order valence-corrected chi connectivity index (χ1v) is 10.1. The summed E-state index contributed by atoms with van der Waals surface area (Å²) in [6, 6.07) is 19.9. The summed E-state index contributed by atoms with van der Waals surface area (Å²) in [5.41, 5.74) is 8.71. The Labute approximate surface area is 161 Å². The Morgan fingerprint density at radius 1 is 1.04 bits per heavy atom. The lowest BCUT2D eigenvalue weighted by Gasteiger charge is -2.39. The van der Waals surface area contributed by atoms with E-state index in [9.17, 15) is 4.79 Å². The van der Waals surface area contributed by atoms with Crippen molar-refractivity contribution in [3.63, 3.8) is 0 Å². The van der Waals surface area contributed by atoms with Gasteiger partial charge < -0.3 is 11.1 Å². The van der Waals surface area contributed by atoms with E-state index in [1.807, 2.05) is 18.2 Å². The number of piperidine rings is 1. The highest BCUT2D eigenvalue weighted by Crippen LogP contribution is 2.42. The number of nitrogens with two attached hydrogens (primary N) is 1. The predicted octanol–water partition coefficient (Wildman–Crippen LogP) is 3.29. The summed E-state index contributed by atoms with van der Waals surface area (Å²) in [4.78, 5) is 14.2. The normalized spacial score (nSPS) is 24.8. The second kappa shape index (κ2) is 8.24. The van der Waals surface area contributed by atoms with Crippen molar-refractivity contribution in [1.29, 1.82) is 0 Å². The highest BCUT2D eigenvalue weighted by Gasteiger charge is 2.40. The molecule has 2 aromatic carbocycles. The number of carbonyl (C=O) groups excluding carboxylic acids is 1. The van der Waals surface area contributed by atoms with Crippen LogP contribution in [0.25, 0.3) is 0 Å². The van der Waals surface area contributed by atoms with Gasteiger partial charge in [0, 0.05) is 37.3 Å². The predicted molar refractivity (Wildman–Crippen MR) is 109 cm³/mol. The molecule has 0 saturated carbocycles. The molecule has 0 radical (unpaired) electrons. The van der Waals surface area contributed by atoms with Crippen LogP contribution < -0.4 is 11.1 Å². The SMILES string of the molecule is NC(=O)c1cccc([C@H]2C[C@H]3CC[C@@H](C2)N3CCNCc2ccccc2)c1. The fraction of sp³-hybridized carbons (Fsp3) is 0.435. The average Bonchev–Trinajstić information content (AvgIpc) is 2.93. The van der Waals surface area contributed by atoms with Gasteiger partial charge in [0.15, 0.2) is 0 Å². The monoisotopic (exact) mass is 363 g/mol. The third kappa shape index (κ3) is 4.23. The first-order valence-electron chi connectivity index (χ1n) is 10.1. The Morgan fingerprint density at radius 2 is 1.78 bits per heavy atom. The second-order valence-corrected chi connectivity index (χ2v) is 7.94. The molecular weight excluding hydrogens is 334 g/mol. The standard InChI is InChI=1S/C23H29N3O/c24-23(27)19-8-4-7-18(13-19)20-14-21-9-10-22(15-20)26(21)12-11-25-16-17-5-2-1-3-6-17/h1-8,13,20-22,25H,9-12,14-16H2,(H2,24,27)/t20-,21+,22-. The molecule has 1 amide bonds. The maximum absolute atomic E-state index is 11.5. The van der Waals surface area contributed by atoms with Gasteiger partial charge in [0.25, 0.3) is 0 Å². The van der Waals surface area contributed by atoms with Crippen LogP contribution in [-0.4, -0.2) is 36.0 Å². The van der Waals surface area contributed by atoms with Gasteiger partial charge in [-0.1, -0.05) is 42.5 Å². The number of amides is 1. The fourth-order valence-corrected chi connectivity index (χ4v) is 4.89. The van der Waals surface area contributed by atoms with Crippen molar-refractivity contribution in [1.82, 2.24) is 10.2 Å². The van der Waals surface area contributed by atoms with E-state index < -0.39 is 0 Å². The summed E-state index contributed by atoms with van der Waals surface area (Å²) >= 11 is 0. The van der Waals surface area contributed by atoms with Crippen molar-refractivity contribution in [2.75, 3.05) is 13.1 Å². The Morgan fingerprint density at radius 3 is 2.48 bits per heavy atom. The summed E-state index contributed by atoms with van der Waals surface area (Å²) in [5, 5.41) is 3.59. The molecule has 3 N–H and O–H groups in total. The van der Waals surface area contributed by atoms with E-state index in [0.29, 0.717) is 23.6 Å². The molecular formula is C23H29N3O. The van der Waals surface area contributed by atoms with E-state index >= 15 is 0 Å². The van der Waals surface area contributed by atoms with Crippen LogP contribution in [0.2, 0.25) is 0 Å². The van der Waals surface area contributed by atoms with Crippen molar-refractivity contribution < 1.29 is 4.79 Å². The number of fused-ring (bicyclic) bond motifs is 2. The van der Waals surface area contributed by atoms with E-state index in [0.717, 1.165) is 19.6 Å². The summed E-state index contributed by atoms with van der Waals surface area (Å²) < 4.78 is 0. The van der Waals surface area contributed by atoms with Gasteiger partial charge in [-0.05, 0) is 54.9 Å². The van der Waals surface area contributed by atoms with Gasteiger partial charge in [-0.25, -0.2) is 0 Å². The second-order valence-electron chi connectivity index (χ2n) is 7.94. The Bertz CT molecular complexity index is 762. The van der Waals surface area contributed by atoms with Gasteiger partial charge in [0.1, 0.15) is 0 Å². The van der Waals surface area contributed by atoms with E-state index in [-0.39, 0.29) is 5.91 Å². The molecule has 2 heterocycles. The average molecular weight is 364 g/mol. The van der Waals surface area contributed by atoms with Gasteiger partial charge in [0.05, 0.1) is 0 Å². The maximum Gasteiger partial charge on any atom is 0.248 e. The molecule has 2 bridgehead atoms. The molecule has 27 heavy (non-hydrogen) atoms. The van der Waals surface area contributed by atoms with Crippen LogP contribution >= 0.6 is 0 Å². The number of nitrogens with zero attached hydrogens (tertiary/aromatic N) is 1. The van der Waals surface area contributed by atoms with Crippen molar-refractivity contribution in [3.05, 3.63) is 71.3 Å². The Kier molecular flexibility index (Phi) is 5.55. The van der Waals surface area contributed by atoms with Crippen LogP contribution in [0.15, 0.2) is 54.6 Å². The van der Waals surface area contributed by atoms with E-state index in [4.69, 9.17) is 5.73 Å². The first-order chi connectivity index (χ1) is 13.2. The molecule has 2 fully saturated rings. The first kappa shape index (κ1) is 18.2. The van der Waals surface area contributed by atoms with Crippen LogP contribution in [0.5, 0.6) is 0 Å². The molecule has 2 aliphatic heterocycles. The molecule has 4 heteroatoms. The molecule has 142 valence electrons. The van der Waals surface area contributed by atoms with Gasteiger partial charge in [-0.3, -0.25) is 9.69 Å². The molecule has 3 atom stereocenters. The fourth-order valence-electron chi connectivity index (χ4n) is 4.89. The lowest BCUT2D eigenvalue weighted by molar-refractivity contribution is 0.1000. The molecule has 4 nitrogen and oxygen atoms in total. The number of primary amides is 1. The number of rotatable bonds is 7. The third-order valence-electron chi connectivity index (χ3n) is 6.25. The molecule has 2 aliphatic rings. The minimum Gasteiger partial charge on any atom is -0.366 e. The quantitative estimate of drug-likeness (QED) is 0.742. The molecule has 4 rings (SSSR count). The zero-order valence-electron chi connectivity index (χ0n) is 15.8. The number of nitrogens with one attached hydrogen (secondary N) is 1. The summed E-state index contributed by atoms with van der Waals surface area (Å²) in [5.74, 6) is 0.220. The van der Waals surface area contributed by atoms with E-state index in [1.165, 1.54) is 36.8 Å². The van der Waals surface area contributed by atoms with E-state index in [1.54, 1.807) is 0 Å². The number of carbonyl (C=O) groups is 1. The Balaban J connectivity index is 1.31. The Hall–Kier alpha value is -2.17. The van der Waals surface area contributed by atoms with Gasteiger partial charge in [0.2, 0.25) is 5.91 Å². The molecule has 0 aromatic heterocycles. The van der Waals surface area contributed by atoms with Crippen LogP contribution in [0, 0.1) is 0 Å². The lowest BCUT2D eigenvalue weighted by Crippen LogP contribution is -2.45.